The van der Waals surface area contributed by atoms with Crippen molar-refractivity contribution in [3.63, 3.8) is 0 Å². The fourth-order valence-electron chi connectivity index (χ4n) is 1.71. The molecule has 0 amide bonds. The highest BCUT2D eigenvalue weighted by Crippen LogP contribution is 2.12. The predicted octanol–water partition coefficient (Wildman–Crippen LogP) is 1.93. The van der Waals surface area contributed by atoms with Crippen molar-refractivity contribution in [2.75, 3.05) is 40.1 Å². The van der Waals surface area contributed by atoms with Crippen molar-refractivity contribution in [3.8, 4) is 5.88 Å². The number of hydrogen-bond acceptors (Lipinski definition) is 5. The Bertz CT molecular complexity index is 372. The van der Waals surface area contributed by atoms with Gasteiger partial charge >= 0.3 is 0 Å². The molecule has 5 nitrogen and oxygen atoms in total. The van der Waals surface area contributed by atoms with Crippen LogP contribution in [0.2, 0.25) is 0 Å². The molecule has 1 N–H and O–H groups in total. The van der Waals surface area contributed by atoms with Crippen molar-refractivity contribution in [2.45, 2.75) is 26.8 Å². The van der Waals surface area contributed by atoms with Crippen LogP contribution in [0.3, 0.4) is 0 Å². The van der Waals surface area contributed by atoms with Gasteiger partial charge in [0, 0.05) is 38.6 Å². The summed E-state index contributed by atoms with van der Waals surface area (Å²) in [6.07, 6.45) is 0.910. The van der Waals surface area contributed by atoms with Gasteiger partial charge in [-0.1, -0.05) is 13.0 Å². The van der Waals surface area contributed by atoms with Crippen LogP contribution in [0, 0.1) is 6.92 Å². The molecule has 0 radical (unpaired) electrons. The number of pyridine rings is 1. The van der Waals surface area contributed by atoms with Gasteiger partial charge in [0.2, 0.25) is 5.88 Å². The van der Waals surface area contributed by atoms with E-state index >= 15 is 0 Å². The van der Waals surface area contributed by atoms with Crippen molar-refractivity contribution in [3.05, 3.63) is 23.4 Å². The Morgan fingerprint density at radius 1 is 1.15 bits per heavy atom. The Morgan fingerprint density at radius 3 is 2.70 bits per heavy atom. The van der Waals surface area contributed by atoms with Crippen molar-refractivity contribution in [1.82, 2.24) is 10.3 Å². The van der Waals surface area contributed by atoms with Crippen LogP contribution in [0.1, 0.15) is 24.6 Å². The summed E-state index contributed by atoms with van der Waals surface area (Å²) in [4.78, 5) is 4.44. The van der Waals surface area contributed by atoms with Crippen LogP contribution < -0.4 is 10.1 Å². The Morgan fingerprint density at radius 2 is 2.00 bits per heavy atom. The lowest BCUT2D eigenvalue weighted by Gasteiger charge is -2.10. The molecular formula is C15H26N2O3. The minimum absolute atomic E-state index is 0.520. The molecule has 0 saturated carbocycles. The molecule has 0 unspecified atom stereocenters. The quantitative estimate of drug-likeness (QED) is 0.629. The average Bonchev–Trinajstić information content (AvgIpc) is 2.45. The number of ether oxygens (including phenoxy) is 3. The van der Waals surface area contributed by atoms with Gasteiger partial charge in [0.1, 0.15) is 6.61 Å². The van der Waals surface area contributed by atoms with E-state index in [-0.39, 0.29) is 0 Å². The Hall–Kier alpha value is -1.17. The van der Waals surface area contributed by atoms with E-state index < -0.39 is 0 Å². The lowest BCUT2D eigenvalue weighted by Crippen LogP contribution is -2.14. The summed E-state index contributed by atoms with van der Waals surface area (Å²) in [6, 6.07) is 3.96. The summed E-state index contributed by atoms with van der Waals surface area (Å²) in [5, 5.41) is 3.29. The lowest BCUT2D eigenvalue weighted by molar-refractivity contribution is 0.0795. The molecule has 0 aliphatic rings. The van der Waals surface area contributed by atoms with Crippen LogP contribution in [0.25, 0.3) is 0 Å². The van der Waals surface area contributed by atoms with Crippen LogP contribution in [-0.4, -0.2) is 45.1 Å². The molecule has 1 aromatic heterocycles. The second-order valence-electron chi connectivity index (χ2n) is 4.48. The van der Waals surface area contributed by atoms with Gasteiger partial charge in [-0.2, -0.15) is 0 Å². The Balaban J connectivity index is 2.22. The number of aromatic nitrogens is 1. The van der Waals surface area contributed by atoms with E-state index in [0.717, 1.165) is 31.8 Å². The van der Waals surface area contributed by atoms with E-state index in [1.54, 1.807) is 7.11 Å². The number of rotatable bonds is 11. The Kier molecular flexibility index (Phi) is 8.95. The molecule has 0 aliphatic heterocycles. The van der Waals surface area contributed by atoms with Crippen LogP contribution in [0.4, 0.5) is 0 Å². The van der Waals surface area contributed by atoms with Gasteiger partial charge in [-0.15, -0.1) is 0 Å². The summed E-state index contributed by atoms with van der Waals surface area (Å²) in [5.74, 6) is 0.656. The second kappa shape index (κ2) is 10.6. The number of methoxy groups -OCH3 is 1. The molecule has 20 heavy (non-hydrogen) atoms. The summed E-state index contributed by atoms with van der Waals surface area (Å²) < 4.78 is 15.9. The molecule has 0 aliphatic carbocycles. The first kappa shape index (κ1) is 16.9. The minimum atomic E-state index is 0.520. The molecule has 1 rings (SSSR count). The van der Waals surface area contributed by atoms with Gasteiger partial charge in [0.05, 0.1) is 6.61 Å². The SMILES string of the molecule is CCNCc1ccc(OCCOCCCOC)nc1C. The number of aryl methyl sites for hydroxylation is 1. The molecule has 0 fully saturated rings. The van der Waals surface area contributed by atoms with Crippen LogP contribution in [0.15, 0.2) is 12.1 Å². The summed E-state index contributed by atoms with van der Waals surface area (Å²) in [7, 11) is 1.69. The maximum atomic E-state index is 5.57. The smallest absolute Gasteiger partial charge is 0.213 e. The molecular weight excluding hydrogens is 256 g/mol. The lowest BCUT2D eigenvalue weighted by atomic mass is 10.2. The topological polar surface area (TPSA) is 52.6 Å². The average molecular weight is 282 g/mol. The molecule has 0 saturated heterocycles. The molecule has 1 heterocycles. The van der Waals surface area contributed by atoms with Gasteiger partial charge in [-0.3, -0.25) is 0 Å². The second-order valence-corrected chi connectivity index (χ2v) is 4.48. The molecule has 0 spiro atoms. The van der Waals surface area contributed by atoms with Crippen molar-refractivity contribution in [2.24, 2.45) is 0 Å². The number of nitrogens with one attached hydrogen (secondary N) is 1. The van der Waals surface area contributed by atoms with E-state index in [1.807, 2.05) is 13.0 Å². The van der Waals surface area contributed by atoms with Gasteiger partial charge in [-0.25, -0.2) is 4.98 Å². The van der Waals surface area contributed by atoms with E-state index in [9.17, 15) is 0 Å². The summed E-state index contributed by atoms with van der Waals surface area (Å²) in [5.41, 5.74) is 2.21. The van der Waals surface area contributed by atoms with E-state index in [0.29, 0.717) is 25.7 Å². The van der Waals surface area contributed by atoms with Crippen molar-refractivity contribution < 1.29 is 14.2 Å². The monoisotopic (exact) mass is 282 g/mol. The van der Waals surface area contributed by atoms with Crippen molar-refractivity contribution >= 4 is 0 Å². The standard InChI is InChI=1S/C15H26N2O3/c1-4-16-12-14-6-7-15(17-13(14)2)20-11-10-19-9-5-8-18-3/h6-7,16H,4-5,8-12H2,1-3H3. The van der Waals surface area contributed by atoms with Crippen LogP contribution in [-0.2, 0) is 16.0 Å². The largest absolute Gasteiger partial charge is 0.475 e. The molecule has 114 valence electrons. The van der Waals surface area contributed by atoms with Gasteiger partial charge < -0.3 is 19.5 Å². The fourth-order valence-corrected chi connectivity index (χ4v) is 1.71. The van der Waals surface area contributed by atoms with Gasteiger partial charge in [-0.05, 0) is 25.5 Å². The third kappa shape index (κ3) is 6.84. The first-order chi connectivity index (χ1) is 9.77. The number of nitrogens with zero attached hydrogens (tertiary/aromatic N) is 1. The number of hydrogen-bond donors (Lipinski definition) is 1. The maximum absolute atomic E-state index is 5.57. The normalized spacial score (nSPS) is 10.8. The highest BCUT2D eigenvalue weighted by molar-refractivity contribution is 5.24. The molecule has 0 bridgehead atoms. The zero-order valence-electron chi connectivity index (χ0n) is 12.8. The van der Waals surface area contributed by atoms with Gasteiger partial charge in [0.25, 0.3) is 0 Å². The molecule has 5 heteroatoms. The third-order valence-corrected chi connectivity index (χ3v) is 2.85. The summed E-state index contributed by atoms with van der Waals surface area (Å²) >= 11 is 0. The maximum Gasteiger partial charge on any atom is 0.213 e. The Labute approximate surface area is 121 Å². The first-order valence-corrected chi connectivity index (χ1v) is 7.14. The molecule has 0 atom stereocenters. The summed E-state index contributed by atoms with van der Waals surface area (Å²) in [6.45, 7) is 8.42. The van der Waals surface area contributed by atoms with E-state index in [1.165, 1.54) is 5.56 Å². The predicted molar refractivity (Wildman–Crippen MR) is 79.2 cm³/mol. The first-order valence-electron chi connectivity index (χ1n) is 7.14. The molecule has 0 aromatic carbocycles. The van der Waals surface area contributed by atoms with Crippen LogP contribution in [0.5, 0.6) is 5.88 Å². The molecule has 1 aromatic rings. The fraction of sp³-hybridized carbons (Fsp3) is 0.667. The zero-order chi connectivity index (χ0) is 14.6. The highest BCUT2D eigenvalue weighted by atomic mass is 16.5. The van der Waals surface area contributed by atoms with Crippen LogP contribution >= 0.6 is 0 Å². The van der Waals surface area contributed by atoms with Crippen molar-refractivity contribution in [1.29, 1.82) is 0 Å². The van der Waals surface area contributed by atoms with Gasteiger partial charge in [0.15, 0.2) is 0 Å². The van der Waals surface area contributed by atoms with E-state index in [2.05, 4.69) is 23.3 Å². The van der Waals surface area contributed by atoms with E-state index in [4.69, 9.17) is 14.2 Å². The highest BCUT2D eigenvalue weighted by Gasteiger charge is 2.02. The third-order valence-electron chi connectivity index (χ3n) is 2.85. The zero-order valence-corrected chi connectivity index (χ0v) is 12.8. The minimum Gasteiger partial charge on any atom is -0.475 e.